The highest BCUT2D eigenvalue weighted by Crippen LogP contribution is 2.47. The van der Waals surface area contributed by atoms with E-state index in [1.165, 1.54) is 18.9 Å². The SMILES string of the molecule is CC(C)NCC(C)(Cc1cccc(F)c1F)C1CC1. The quantitative estimate of drug-likeness (QED) is 0.823. The van der Waals surface area contributed by atoms with Crippen LogP contribution in [0.15, 0.2) is 18.2 Å². The van der Waals surface area contributed by atoms with Crippen LogP contribution < -0.4 is 5.32 Å². The number of hydrogen-bond acceptors (Lipinski definition) is 1. The molecule has 0 radical (unpaired) electrons. The summed E-state index contributed by atoms with van der Waals surface area (Å²) in [5, 5.41) is 3.45. The maximum atomic E-state index is 13.8. The van der Waals surface area contributed by atoms with Gasteiger partial charge in [0.15, 0.2) is 11.6 Å². The van der Waals surface area contributed by atoms with Crippen molar-refractivity contribution in [1.29, 1.82) is 0 Å². The van der Waals surface area contributed by atoms with Gasteiger partial charge >= 0.3 is 0 Å². The predicted molar refractivity (Wildman–Crippen MR) is 74.0 cm³/mol. The molecule has 1 N–H and O–H groups in total. The van der Waals surface area contributed by atoms with E-state index in [4.69, 9.17) is 0 Å². The summed E-state index contributed by atoms with van der Waals surface area (Å²) in [6.45, 7) is 7.25. The van der Waals surface area contributed by atoms with E-state index >= 15 is 0 Å². The highest BCUT2D eigenvalue weighted by atomic mass is 19.2. The standard InChI is InChI=1S/C16H23F2N/c1-11(2)19-10-16(3,13-7-8-13)9-12-5-4-6-14(17)15(12)18/h4-6,11,13,19H,7-10H2,1-3H3. The van der Waals surface area contributed by atoms with E-state index in [0.717, 1.165) is 6.54 Å². The highest BCUT2D eigenvalue weighted by Gasteiger charge is 2.41. The summed E-state index contributed by atoms with van der Waals surface area (Å²) in [6.07, 6.45) is 3.00. The minimum Gasteiger partial charge on any atom is -0.314 e. The molecule has 1 aromatic rings. The molecule has 1 fully saturated rings. The second-order valence-corrected chi connectivity index (χ2v) is 6.35. The molecule has 1 aliphatic carbocycles. The second-order valence-electron chi connectivity index (χ2n) is 6.35. The van der Waals surface area contributed by atoms with Crippen molar-refractivity contribution in [3.05, 3.63) is 35.4 Å². The monoisotopic (exact) mass is 267 g/mol. The van der Waals surface area contributed by atoms with Gasteiger partial charge in [-0.25, -0.2) is 8.78 Å². The summed E-state index contributed by atoms with van der Waals surface area (Å²) in [5.74, 6) is -0.798. The maximum Gasteiger partial charge on any atom is 0.162 e. The summed E-state index contributed by atoms with van der Waals surface area (Å²) in [5.41, 5.74) is 0.513. The van der Waals surface area contributed by atoms with Crippen molar-refractivity contribution in [2.45, 2.75) is 46.1 Å². The lowest BCUT2D eigenvalue weighted by atomic mass is 9.78. The van der Waals surface area contributed by atoms with E-state index in [2.05, 4.69) is 26.1 Å². The van der Waals surface area contributed by atoms with Gasteiger partial charge in [-0.05, 0) is 42.2 Å². The van der Waals surface area contributed by atoms with Gasteiger partial charge in [-0.2, -0.15) is 0 Å². The van der Waals surface area contributed by atoms with Gasteiger partial charge in [0.05, 0.1) is 0 Å². The molecule has 19 heavy (non-hydrogen) atoms. The van der Waals surface area contributed by atoms with Crippen molar-refractivity contribution in [3.8, 4) is 0 Å². The molecular formula is C16H23F2N. The first-order valence-corrected chi connectivity index (χ1v) is 7.08. The van der Waals surface area contributed by atoms with Crippen LogP contribution in [0.1, 0.15) is 39.2 Å². The van der Waals surface area contributed by atoms with Gasteiger partial charge in [0.2, 0.25) is 0 Å². The number of rotatable bonds is 6. The van der Waals surface area contributed by atoms with Crippen LogP contribution >= 0.6 is 0 Å². The predicted octanol–water partition coefficient (Wildman–Crippen LogP) is 3.92. The van der Waals surface area contributed by atoms with E-state index in [0.29, 0.717) is 23.9 Å². The van der Waals surface area contributed by atoms with Gasteiger partial charge in [-0.15, -0.1) is 0 Å². The third kappa shape index (κ3) is 3.53. The Bertz CT molecular complexity index is 440. The van der Waals surface area contributed by atoms with Crippen molar-refractivity contribution in [1.82, 2.24) is 5.32 Å². The van der Waals surface area contributed by atoms with E-state index < -0.39 is 11.6 Å². The third-order valence-corrected chi connectivity index (χ3v) is 4.10. The molecule has 1 unspecified atom stereocenters. The van der Waals surface area contributed by atoms with E-state index in [1.807, 2.05) is 0 Å². The van der Waals surface area contributed by atoms with Crippen LogP contribution in [0.3, 0.4) is 0 Å². The maximum absolute atomic E-state index is 13.8. The van der Waals surface area contributed by atoms with E-state index in [-0.39, 0.29) is 5.41 Å². The summed E-state index contributed by atoms with van der Waals surface area (Å²) in [6, 6.07) is 4.89. The fraction of sp³-hybridized carbons (Fsp3) is 0.625. The van der Waals surface area contributed by atoms with Crippen LogP contribution in [-0.4, -0.2) is 12.6 Å². The van der Waals surface area contributed by atoms with E-state index in [9.17, 15) is 8.78 Å². The first-order chi connectivity index (χ1) is 8.92. The summed E-state index contributed by atoms with van der Waals surface area (Å²) >= 11 is 0. The first-order valence-electron chi connectivity index (χ1n) is 7.08. The number of hydrogen-bond donors (Lipinski definition) is 1. The lowest BCUT2D eigenvalue weighted by Gasteiger charge is -2.31. The molecule has 1 nitrogen and oxygen atoms in total. The van der Waals surface area contributed by atoms with Crippen molar-refractivity contribution in [3.63, 3.8) is 0 Å². The molecule has 0 bridgehead atoms. The number of halogens is 2. The van der Waals surface area contributed by atoms with Crippen molar-refractivity contribution >= 4 is 0 Å². The molecule has 0 amide bonds. The molecule has 0 saturated heterocycles. The minimum atomic E-state index is -0.743. The molecule has 3 heteroatoms. The molecule has 106 valence electrons. The van der Waals surface area contributed by atoms with Gasteiger partial charge in [-0.3, -0.25) is 0 Å². The first kappa shape index (κ1) is 14.4. The molecule has 1 aromatic carbocycles. The molecule has 0 aliphatic heterocycles. The smallest absolute Gasteiger partial charge is 0.162 e. The van der Waals surface area contributed by atoms with Gasteiger partial charge in [-0.1, -0.05) is 32.9 Å². The lowest BCUT2D eigenvalue weighted by Crippen LogP contribution is -2.38. The Hall–Kier alpha value is -0.960. The fourth-order valence-electron chi connectivity index (χ4n) is 2.69. The Kier molecular flexibility index (Phi) is 4.24. The Balaban J connectivity index is 2.14. The zero-order valence-corrected chi connectivity index (χ0v) is 12.0. The molecular weight excluding hydrogens is 244 g/mol. The highest BCUT2D eigenvalue weighted by molar-refractivity contribution is 5.21. The van der Waals surface area contributed by atoms with Crippen LogP contribution in [0.5, 0.6) is 0 Å². The van der Waals surface area contributed by atoms with Crippen molar-refractivity contribution in [2.75, 3.05) is 6.54 Å². The Morgan fingerprint density at radius 1 is 1.32 bits per heavy atom. The van der Waals surface area contributed by atoms with Gasteiger partial charge < -0.3 is 5.32 Å². The minimum absolute atomic E-state index is 0.0128. The Morgan fingerprint density at radius 3 is 2.58 bits per heavy atom. The van der Waals surface area contributed by atoms with Gasteiger partial charge in [0.25, 0.3) is 0 Å². The van der Waals surface area contributed by atoms with Crippen LogP contribution in [0.2, 0.25) is 0 Å². The number of benzene rings is 1. The average molecular weight is 267 g/mol. The number of nitrogens with one attached hydrogen (secondary N) is 1. The zero-order chi connectivity index (χ0) is 14.0. The second kappa shape index (κ2) is 5.58. The molecule has 0 heterocycles. The van der Waals surface area contributed by atoms with Crippen LogP contribution in [0, 0.1) is 23.0 Å². The molecule has 0 aromatic heterocycles. The zero-order valence-electron chi connectivity index (χ0n) is 12.0. The third-order valence-electron chi connectivity index (χ3n) is 4.10. The van der Waals surface area contributed by atoms with E-state index in [1.54, 1.807) is 12.1 Å². The lowest BCUT2D eigenvalue weighted by molar-refractivity contribution is 0.245. The normalized spacial score (nSPS) is 18.6. The molecule has 1 aliphatic rings. The molecule has 1 saturated carbocycles. The van der Waals surface area contributed by atoms with Gasteiger partial charge in [0.1, 0.15) is 0 Å². The topological polar surface area (TPSA) is 12.0 Å². The average Bonchev–Trinajstić information content (AvgIpc) is 3.17. The van der Waals surface area contributed by atoms with Crippen LogP contribution in [0.25, 0.3) is 0 Å². The molecule has 2 rings (SSSR count). The Labute approximate surface area is 114 Å². The fourth-order valence-corrected chi connectivity index (χ4v) is 2.69. The molecule has 0 spiro atoms. The van der Waals surface area contributed by atoms with Crippen molar-refractivity contribution in [2.24, 2.45) is 11.3 Å². The van der Waals surface area contributed by atoms with Crippen LogP contribution in [0.4, 0.5) is 8.78 Å². The Morgan fingerprint density at radius 2 is 2.00 bits per heavy atom. The summed E-state index contributed by atoms with van der Waals surface area (Å²) in [4.78, 5) is 0. The van der Waals surface area contributed by atoms with Crippen molar-refractivity contribution < 1.29 is 8.78 Å². The summed E-state index contributed by atoms with van der Waals surface area (Å²) < 4.78 is 27.1. The van der Waals surface area contributed by atoms with Gasteiger partial charge in [0, 0.05) is 12.6 Å². The molecule has 1 atom stereocenters. The summed E-state index contributed by atoms with van der Waals surface area (Å²) in [7, 11) is 0. The largest absolute Gasteiger partial charge is 0.314 e. The van der Waals surface area contributed by atoms with Crippen LogP contribution in [-0.2, 0) is 6.42 Å².